The number of nitrogens with two attached hydrogens (primary N) is 1. The van der Waals surface area contributed by atoms with Gasteiger partial charge in [-0.1, -0.05) is 24.3 Å². The first-order valence-corrected chi connectivity index (χ1v) is 4.94. The first-order chi connectivity index (χ1) is 7.00. The molecule has 0 amide bonds. The van der Waals surface area contributed by atoms with Crippen molar-refractivity contribution in [2.75, 3.05) is 14.2 Å². The van der Waals surface area contributed by atoms with Gasteiger partial charge in [0, 0.05) is 25.3 Å². The van der Waals surface area contributed by atoms with Gasteiger partial charge in [-0.05, 0) is 19.4 Å². The van der Waals surface area contributed by atoms with Crippen LogP contribution in [0.4, 0.5) is 0 Å². The molecule has 0 aliphatic heterocycles. The highest BCUT2D eigenvalue weighted by atomic mass is 16.7. The van der Waals surface area contributed by atoms with Crippen molar-refractivity contribution in [2.24, 2.45) is 5.73 Å². The predicted molar refractivity (Wildman–Crippen MR) is 60.4 cm³/mol. The van der Waals surface area contributed by atoms with Gasteiger partial charge < -0.3 is 15.2 Å². The molecule has 1 rings (SSSR count). The van der Waals surface area contributed by atoms with E-state index in [2.05, 4.69) is 0 Å². The van der Waals surface area contributed by atoms with E-state index in [1.54, 1.807) is 14.2 Å². The predicted octanol–water partition coefficient (Wildman–Crippen LogP) is 2.17. The average molecular weight is 209 g/mol. The second-order valence-electron chi connectivity index (χ2n) is 4.11. The molecule has 0 unspecified atom stereocenters. The lowest BCUT2D eigenvalue weighted by Crippen LogP contribution is -2.30. The van der Waals surface area contributed by atoms with Crippen LogP contribution >= 0.6 is 0 Å². The van der Waals surface area contributed by atoms with Crippen LogP contribution in [0.1, 0.15) is 31.3 Å². The maximum atomic E-state index is 6.09. The van der Waals surface area contributed by atoms with Crippen molar-refractivity contribution in [3.05, 3.63) is 35.4 Å². The van der Waals surface area contributed by atoms with E-state index in [1.807, 2.05) is 38.1 Å². The van der Waals surface area contributed by atoms with Gasteiger partial charge in [0.15, 0.2) is 6.29 Å². The molecule has 0 bridgehead atoms. The first kappa shape index (κ1) is 12.2. The molecule has 3 heteroatoms. The summed E-state index contributed by atoms with van der Waals surface area (Å²) in [6.45, 7) is 3.93. The minimum absolute atomic E-state index is 0.357. The highest BCUT2D eigenvalue weighted by Crippen LogP contribution is 2.28. The lowest BCUT2D eigenvalue weighted by Gasteiger charge is -2.25. The van der Waals surface area contributed by atoms with Crippen molar-refractivity contribution in [2.45, 2.75) is 25.7 Å². The van der Waals surface area contributed by atoms with Gasteiger partial charge in [0.05, 0.1) is 0 Å². The fourth-order valence-corrected chi connectivity index (χ4v) is 1.64. The summed E-state index contributed by atoms with van der Waals surface area (Å²) in [5, 5.41) is 0. The number of methoxy groups -OCH3 is 2. The quantitative estimate of drug-likeness (QED) is 0.773. The van der Waals surface area contributed by atoms with Crippen molar-refractivity contribution >= 4 is 0 Å². The Morgan fingerprint density at radius 1 is 1.13 bits per heavy atom. The highest BCUT2D eigenvalue weighted by molar-refractivity contribution is 5.33. The highest BCUT2D eigenvalue weighted by Gasteiger charge is 2.22. The van der Waals surface area contributed by atoms with Crippen LogP contribution in [0.5, 0.6) is 0 Å². The Labute approximate surface area is 91.2 Å². The molecule has 0 spiro atoms. The third-order valence-corrected chi connectivity index (χ3v) is 2.34. The van der Waals surface area contributed by atoms with Crippen LogP contribution in [0, 0.1) is 0 Å². The Hall–Kier alpha value is -0.900. The molecule has 0 fully saturated rings. The molecule has 0 aliphatic carbocycles. The van der Waals surface area contributed by atoms with Gasteiger partial charge in [0.2, 0.25) is 0 Å². The van der Waals surface area contributed by atoms with Crippen LogP contribution < -0.4 is 5.73 Å². The second-order valence-corrected chi connectivity index (χ2v) is 4.11. The molecule has 0 aromatic heterocycles. The Morgan fingerprint density at radius 2 is 1.67 bits per heavy atom. The van der Waals surface area contributed by atoms with Crippen LogP contribution in [0.2, 0.25) is 0 Å². The van der Waals surface area contributed by atoms with Crippen molar-refractivity contribution in [1.82, 2.24) is 0 Å². The first-order valence-electron chi connectivity index (χ1n) is 4.94. The van der Waals surface area contributed by atoms with E-state index in [0.29, 0.717) is 0 Å². The second kappa shape index (κ2) is 4.75. The van der Waals surface area contributed by atoms with Gasteiger partial charge in [-0.25, -0.2) is 0 Å². The monoisotopic (exact) mass is 209 g/mol. The van der Waals surface area contributed by atoms with Crippen LogP contribution in [0.15, 0.2) is 24.3 Å². The molecule has 1 aromatic rings. The average Bonchev–Trinajstić information content (AvgIpc) is 2.19. The molecule has 2 N–H and O–H groups in total. The molecule has 0 aliphatic rings. The van der Waals surface area contributed by atoms with E-state index in [4.69, 9.17) is 15.2 Å². The normalized spacial score (nSPS) is 12.1. The molecule has 3 nitrogen and oxygen atoms in total. The summed E-state index contributed by atoms with van der Waals surface area (Å²) in [6, 6.07) is 7.90. The lowest BCUT2D eigenvalue weighted by atomic mass is 9.91. The van der Waals surface area contributed by atoms with Crippen molar-refractivity contribution < 1.29 is 9.47 Å². The van der Waals surface area contributed by atoms with Gasteiger partial charge >= 0.3 is 0 Å². The molecule has 0 radical (unpaired) electrons. The molecular formula is C12H19NO2. The Morgan fingerprint density at radius 3 is 2.13 bits per heavy atom. The Bertz CT molecular complexity index is 314. The fourth-order valence-electron chi connectivity index (χ4n) is 1.64. The van der Waals surface area contributed by atoms with Gasteiger partial charge in [-0.2, -0.15) is 0 Å². The SMILES string of the molecule is COC(OC)c1ccccc1C(C)(C)N. The summed E-state index contributed by atoms with van der Waals surface area (Å²) in [5.74, 6) is 0. The Kier molecular flexibility index (Phi) is 3.85. The van der Waals surface area contributed by atoms with Gasteiger partial charge in [0.25, 0.3) is 0 Å². The summed E-state index contributed by atoms with van der Waals surface area (Å²) in [7, 11) is 3.24. The smallest absolute Gasteiger partial charge is 0.183 e. The van der Waals surface area contributed by atoms with Crippen LogP contribution in [0.25, 0.3) is 0 Å². The summed E-state index contributed by atoms with van der Waals surface area (Å²) in [4.78, 5) is 0. The summed E-state index contributed by atoms with van der Waals surface area (Å²) in [6.07, 6.45) is -0.357. The number of hydrogen-bond acceptors (Lipinski definition) is 3. The van der Waals surface area contributed by atoms with Crippen molar-refractivity contribution in [3.63, 3.8) is 0 Å². The third-order valence-electron chi connectivity index (χ3n) is 2.34. The van der Waals surface area contributed by atoms with Gasteiger partial charge in [-0.3, -0.25) is 0 Å². The molecule has 1 aromatic carbocycles. The van der Waals surface area contributed by atoms with Crippen molar-refractivity contribution in [3.8, 4) is 0 Å². The molecule has 0 saturated heterocycles. The standard InChI is InChI=1S/C12H19NO2/c1-12(2,13)10-8-6-5-7-9(10)11(14-3)15-4/h5-8,11H,13H2,1-4H3. The van der Waals surface area contributed by atoms with Crippen LogP contribution in [0.3, 0.4) is 0 Å². The minimum atomic E-state index is -0.397. The Balaban J connectivity index is 3.17. The summed E-state index contributed by atoms with van der Waals surface area (Å²) in [5.41, 5.74) is 7.72. The zero-order valence-electron chi connectivity index (χ0n) is 9.78. The molecule has 15 heavy (non-hydrogen) atoms. The van der Waals surface area contributed by atoms with Gasteiger partial charge in [0.1, 0.15) is 0 Å². The fraction of sp³-hybridized carbons (Fsp3) is 0.500. The van der Waals surface area contributed by atoms with Crippen LogP contribution in [-0.2, 0) is 15.0 Å². The number of ether oxygens (including phenoxy) is 2. The number of hydrogen-bond donors (Lipinski definition) is 1. The summed E-state index contributed by atoms with van der Waals surface area (Å²) >= 11 is 0. The summed E-state index contributed by atoms with van der Waals surface area (Å²) < 4.78 is 10.5. The third kappa shape index (κ3) is 2.78. The zero-order chi connectivity index (χ0) is 11.5. The van der Waals surface area contributed by atoms with Crippen molar-refractivity contribution in [1.29, 1.82) is 0 Å². The van der Waals surface area contributed by atoms with E-state index in [-0.39, 0.29) is 6.29 Å². The molecule has 0 atom stereocenters. The molecular weight excluding hydrogens is 190 g/mol. The van der Waals surface area contributed by atoms with Crippen LogP contribution in [-0.4, -0.2) is 14.2 Å². The molecule has 0 saturated carbocycles. The van der Waals surface area contributed by atoms with E-state index < -0.39 is 5.54 Å². The molecule has 0 heterocycles. The molecule has 84 valence electrons. The van der Waals surface area contributed by atoms with E-state index in [1.165, 1.54) is 0 Å². The zero-order valence-corrected chi connectivity index (χ0v) is 9.78. The van der Waals surface area contributed by atoms with E-state index in [0.717, 1.165) is 11.1 Å². The van der Waals surface area contributed by atoms with Gasteiger partial charge in [-0.15, -0.1) is 0 Å². The lowest BCUT2D eigenvalue weighted by molar-refractivity contribution is -0.106. The number of benzene rings is 1. The largest absolute Gasteiger partial charge is 0.352 e. The maximum Gasteiger partial charge on any atom is 0.183 e. The minimum Gasteiger partial charge on any atom is -0.352 e. The topological polar surface area (TPSA) is 44.5 Å². The van der Waals surface area contributed by atoms with E-state index in [9.17, 15) is 0 Å². The number of rotatable bonds is 4. The van der Waals surface area contributed by atoms with E-state index >= 15 is 0 Å². The maximum absolute atomic E-state index is 6.09.